The zero-order chi connectivity index (χ0) is 30.9. The van der Waals surface area contributed by atoms with Gasteiger partial charge < -0.3 is 24.6 Å². The first-order chi connectivity index (χ1) is 19.5. The Bertz CT molecular complexity index is 667. The molecule has 0 aliphatic rings. The van der Waals surface area contributed by atoms with Crippen molar-refractivity contribution in [3.63, 3.8) is 0 Å². The number of carboxylic acids is 3. The van der Waals surface area contributed by atoms with E-state index in [1.54, 1.807) is 20.8 Å². The molecule has 3 atom stereocenters. The molecule has 41 heavy (non-hydrogen) atoms. The lowest BCUT2D eigenvalue weighted by atomic mass is 10.0. The van der Waals surface area contributed by atoms with E-state index >= 15 is 0 Å². The first-order valence-electron chi connectivity index (χ1n) is 16.7. The van der Waals surface area contributed by atoms with Crippen LogP contribution in [0.15, 0.2) is 12.2 Å². The average Bonchev–Trinajstić information content (AvgIpc) is 2.91. The summed E-state index contributed by atoms with van der Waals surface area (Å²) in [6.45, 7) is 8.17. The molecular weight excluding hydrogens is 518 g/mol. The third-order valence-electron chi connectivity index (χ3n) is 8.37. The molecular formula is C34H63NO6. The SMILES string of the molecule is CCCCCCCCCCCCCCCC/C=C/CCCC[N+](CC(C)C(=O)[O-])(CC(C)C(=O)O)CC(C)C(=O)O. The molecule has 7 heteroatoms. The smallest absolute Gasteiger partial charge is 0.311 e. The van der Waals surface area contributed by atoms with E-state index in [-0.39, 0.29) is 24.1 Å². The Hall–Kier alpha value is -1.89. The summed E-state index contributed by atoms with van der Waals surface area (Å²) in [5.74, 6) is -5.29. The van der Waals surface area contributed by atoms with Gasteiger partial charge in [0.25, 0.3) is 0 Å². The summed E-state index contributed by atoms with van der Waals surface area (Å²) in [6, 6.07) is 0. The minimum Gasteiger partial charge on any atom is -0.550 e. The third-order valence-corrected chi connectivity index (χ3v) is 8.37. The van der Waals surface area contributed by atoms with Gasteiger partial charge in [-0.05, 0) is 46.0 Å². The largest absolute Gasteiger partial charge is 0.550 e. The maximum atomic E-state index is 11.6. The maximum absolute atomic E-state index is 11.6. The van der Waals surface area contributed by atoms with Crippen LogP contribution in [-0.4, -0.2) is 58.8 Å². The van der Waals surface area contributed by atoms with Gasteiger partial charge in [-0.1, -0.05) is 109 Å². The highest BCUT2D eigenvalue weighted by Gasteiger charge is 2.36. The molecule has 0 heterocycles. The van der Waals surface area contributed by atoms with E-state index in [1.807, 2.05) is 0 Å². The Morgan fingerprint density at radius 3 is 1.29 bits per heavy atom. The quantitative estimate of drug-likeness (QED) is 0.0547. The van der Waals surface area contributed by atoms with Crippen LogP contribution in [0.4, 0.5) is 0 Å². The summed E-state index contributed by atoms with van der Waals surface area (Å²) in [7, 11) is 0. The van der Waals surface area contributed by atoms with E-state index in [0.29, 0.717) is 6.54 Å². The molecule has 0 radical (unpaired) electrons. The number of carbonyl (C=O) groups excluding carboxylic acids is 1. The summed E-state index contributed by atoms with van der Waals surface area (Å²) in [4.78, 5) is 34.7. The van der Waals surface area contributed by atoms with Crippen molar-refractivity contribution in [2.24, 2.45) is 17.8 Å². The Balaban J connectivity index is 4.30. The van der Waals surface area contributed by atoms with Crippen LogP contribution >= 0.6 is 0 Å². The number of rotatable bonds is 29. The number of nitrogens with zero attached hydrogens (tertiary/aromatic N) is 1. The van der Waals surface area contributed by atoms with Crippen molar-refractivity contribution in [1.29, 1.82) is 0 Å². The van der Waals surface area contributed by atoms with Crippen molar-refractivity contribution >= 4 is 17.9 Å². The van der Waals surface area contributed by atoms with Gasteiger partial charge in [0.15, 0.2) is 0 Å². The van der Waals surface area contributed by atoms with E-state index in [4.69, 9.17) is 0 Å². The molecule has 2 N–H and O–H groups in total. The lowest BCUT2D eigenvalue weighted by Gasteiger charge is -2.43. The van der Waals surface area contributed by atoms with Gasteiger partial charge in [-0.25, -0.2) is 0 Å². The second-order valence-corrected chi connectivity index (χ2v) is 12.7. The lowest BCUT2D eigenvalue weighted by molar-refractivity contribution is -0.934. The minimum absolute atomic E-state index is 0.166. The predicted molar refractivity (Wildman–Crippen MR) is 165 cm³/mol. The number of quaternary nitrogens is 1. The van der Waals surface area contributed by atoms with E-state index in [2.05, 4.69) is 19.1 Å². The van der Waals surface area contributed by atoms with E-state index < -0.39 is 35.7 Å². The monoisotopic (exact) mass is 581 g/mol. The third kappa shape index (κ3) is 21.5. The normalized spacial score (nSPS) is 15.4. The van der Waals surface area contributed by atoms with Gasteiger partial charge in [-0.15, -0.1) is 0 Å². The number of allylic oxidation sites excluding steroid dienone is 2. The van der Waals surface area contributed by atoms with Gasteiger partial charge >= 0.3 is 11.9 Å². The molecule has 240 valence electrons. The van der Waals surface area contributed by atoms with Crippen LogP contribution in [0.2, 0.25) is 0 Å². The molecule has 0 aromatic heterocycles. The molecule has 0 bridgehead atoms. The molecule has 0 aliphatic carbocycles. The van der Waals surface area contributed by atoms with Gasteiger partial charge in [0.1, 0.15) is 11.8 Å². The van der Waals surface area contributed by atoms with Crippen molar-refractivity contribution in [1.82, 2.24) is 0 Å². The number of aliphatic carboxylic acids is 3. The highest BCUT2D eigenvalue weighted by Crippen LogP contribution is 2.22. The fourth-order valence-corrected chi connectivity index (χ4v) is 5.87. The van der Waals surface area contributed by atoms with Crippen LogP contribution in [0.25, 0.3) is 0 Å². The van der Waals surface area contributed by atoms with Crippen molar-refractivity contribution in [3.05, 3.63) is 12.2 Å². The highest BCUT2D eigenvalue weighted by atomic mass is 16.4. The zero-order valence-electron chi connectivity index (χ0n) is 26.9. The van der Waals surface area contributed by atoms with Crippen molar-refractivity contribution in [2.75, 3.05) is 26.2 Å². The zero-order valence-corrected chi connectivity index (χ0v) is 26.9. The molecule has 0 aromatic rings. The molecule has 0 saturated carbocycles. The lowest BCUT2D eigenvalue weighted by Crippen LogP contribution is -2.58. The fraction of sp³-hybridized carbons (Fsp3) is 0.853. The Morgan fingerprint density at radius 1 is 0.585 bits per heavy atom. The highest BCUT2D eigenvalue weighted by molar-refractivity contribution is 5.70. The van der Waals surface area contributed by atoms with Gasteiger partial charge in [-0.2, -0.15) is 0 Å². The molecule has 7 nitrogen and oxygen atoms in total. The number of hydrogen-bond donors (Lipinski definition) is 2. The predicted octanol–water partition coefficient (Wildman–Crippen LogP) is 7.23. The maximum Gasteiger partial charge on any atom is 0.311 e. The van der Waals surface area contributed by atoms with Crippen LogP contribution < -0.4 is 5.11 Å². The number of unbranched alkanes of at least 4 members (excludes halogenated alkanes) is 16. The Morgan fingerprint density at radius 2 is 0.927 bits per heavy atom. The number of carbonyl (C=O) groups is 3. The summed E-state index contributed by atoms with van der Waals surface area (Å²) >= 11 is 0. The van der Waals surface area contributed by atoms with E-state index in [9.17, 15) is 29.7 Å². The summed E-state index contributed by atoms with van der Waals surface area (Å²) in [5.41, 5.74) is 0. The molecule has 0 spiro atoms. The standard InChI is InChI=1S/C34H63NO6/c1-5-6-7-8-9-10-11-12-13-14-15-16-17-18-19-20-21-22-23-24-25-35(26-29(2)32(36)37,27-30(3)33(38)39)28-31(4)34(40)41/h20-21,29-31H,5-19,22-28H2,1-4H3,(H2-,36,37,38,39,40,41)/b21-20+. The Kier molecular flexibility index (Phi) is 23.5. The number of carboxylic acid groups (broad SMARTS) is 3. The van der Waals surface area contributed by atoms with E-state index in [1.165, 1.54) is 89.9 Å². The summed E-state index contributed by atoms with van der Waals surface area (Å²) in [6.07, 6.45) is 27.2. The summed E-state index contributed by atoms with van der Waals surface area (Å²) in [5, 5.41) is 30.5. The molecule has 0 aromatic carbocycles. The van der Waals surface area contributed by atoms with Gasteiger partial charge in [0.2, 0.25) is 0 Å². The molecule has 0 amide bonds. The first kappa shape index (κ1) is 39.1. The van der Waals surface area contributed by atoms with Gasteiger partial charge in [0, 0.05) is 11.9 Å². The van der Waals surface area contributed by atoms with Crippen molar-refractivity contribution in [3.8, 4) is 0 Å². The fourth-order valence-electron chi connectivity index (χ4n) is 5.87. The topological polar surface area (TPSA) is 115 Å². The average molecular weight is 582 g/mol. The first-order valence-corrected chi connectivity index (χ1v) is 16.7. The van der Waals surface area contributed by atoms with Crippen LogP contribution in [0.1, 0.15) is 143 Å². The second kappa shape index (κ2) is 24.7. The number of hydrogen-bond acceptors (Lipinski definition) is 4. The van der Waals surface area contributed by atoms with Crippen LogP contribution in [0.5, 0.6) is 0 Å². The molecule has 0 fully saturated rings. The van der Waals surface area contributed by atoms with Gasteiger partial charge in [0.05, 0.1) is 26.2 Å². The summed E-state index contributed by atoms with van der Waals surface area (Å²) < 4.78 is 0.166. The van der Waals surface area contributed by atoms with Crippen molar-refractivity contribution < 1.29 is 34.2 Å². The molecule has 0 rings (SSSR count). The second-order valence-electron chi connectivity index (χ2n) is 12.7. The Labute approximate surface area is 251 Å². The van der Waals surface area contributed by atoms with E-state index in [0.717, 1.165) is 25.7 Å². The van der Waals surface area contributed by atoms with Crippen LogP contribution in [0.3, 0.4) is 0 Å². The molecule has 0 aliphatic heterocycles. The van der Waals surface area contributed by atoms with Crippen molar-refractivity contribution in [2.45, 2.75) is 143 Å². The minimum atomic E-state index is -1.19. The molecule has 3 unspecified atom stereocenters. The van der Waals surface area contributed by atoms with Crippen LogP contribution in [-0.2, 0) is 14.4 Å². The van der Waals surface area contributed by atoms with Crippen LogP contribution in [0, 0.1) is 17.8 Å². The molecule has 0 saturated heterocycles. The van der Waals surface area contributed by atoms with Gasteiger partial charge in [-0.3, -0.25) is 9.59 Å².